The van der Waals surface area contributed by atoms with Crippen molar-refractivity contribution in [1.82, 2.24) is 0 Å². The summed E-state index contributed by atoms with van der Waals surface area (Å²) in [5, 5.41) is 0.296. The van der Waals surface area contributed by atoms with Gasteiger partial charge in [0.25, 0.3) is 0 Å². The maximum absolute atomic E-state index is 13.6. The van der Waals surface area contributed by atoms with Crippen LogP contribution in [-0.2, 0) is 0 Å². The molecule has 1 fully saturated rings. The zero-order valence-corrected chi connectivity index (χ0v) is 9.56. The molecule has 2 nitrogen and oxygen atoms in total. The summed E-state index contributed by atoms with van der Waals surface area (Å²) in [6.45, 7) is 0.286. The maximum Gasteiger partial charge on any atom is 0.173 e. The van der Waals surface area contributed by atoms with E-state index in [1.807, 2.05) is 0 Å². The van der Waals surface area contributed by atoms with Gasteiger partial charge in [0.15, 0.2) is 5.78 Å². The van der Waals surface area contributed by atoms with E-state index in [0.29, 0.717) is 5.02 Å². The highest BCUT2D eigenvalue weighted by atomic mass is 35.5. The van der Waals surface area contributed by atoms with E-state index in [2.05, 4.69) is 0 Å². The van der Waals surface area contributed by atoms with Gasteiger partial charge in [-0.15, -0.1) is 0 Å². The van der Waals surface area contributed by atoms with Crippen molar-refractivity contribution in [2.75, 3.05) is 6.54 Å². The van der Waals surface area contributed by atoms with E-state index in [-0.39, 0.29) is 17.9 Å². The second kappa shape index (κ2) is 4.15. The number of ketones is 1. The van der Waals surface area contributed by atoms with Crippen molar-refractivity contribution in [2.45, 2.75) is 19.3 Å². The zero-order chi connectivity index (χ0) is 11.8. The van der Waals surface area contributed by atoms with Gasteiger partial charge in [-0.3, -0.25) is 4.79 Å². The first kappa shape index (κ1) is 11.6. The Labute approximate surface area is 98.6 Å². The van der Waals surface area contributed by atoms with E-state index in [4.69, 9.17) is 17.3 Å². The molecule has 0 unspecified atom stereocenters. The molecule has 1 aliphatic carbocycles. The lowest BCUT2D eigenvalue weighted by molar-refractivity contribution is 0.0631. The summed E-state index contributed by atoms with van der Waals surface area (Å²) < 4.78 is 13.6. The van der Waals surface area contributed by atoms with Crippen molar-refractivity contribution < 1.29 is 9.18 Å². The van der Waals surface area contributed by atoms with Crippen LogP contribution in [0.3, 0.4) is 0 Å². The molecule has 0 heterocycles. The summed E-state index contributed by atoms with van der Waals surface area (Å²) in [5.74, 6) is -0.743. The average molecular weight is 242 g/mol. The molecule has 0 radical (unpaired) electrons. The van der Waals surface area contributed by atoms with E-state index >= 15 is 0 Å². The number of carbonyl (C=O) groups is 1. The van der Waals surface area contributed by atoms with Gasteiger partial charge in [0, 0.05) is 17.0 Å². The Bertz CT molecular complexity index is 424. The predicted molar refractivity (Wildman–Crippen MR) is 61.1 cm³/mol. The van der Waals surface area contributed by atoms with Crippen LogP contribution >= 0.6 is 11.6 Å². The summed E-state index contributed by atoms with van der Waals surface area (Å²) in [6.07, 6.45) is 2.49. The Hall–Kier alpha value is -0.930. The van der Waals surface area contributed by atoms with Gasteiger partial charge in [-0.2, -0.15) is 0 Å². The van der Waals surface area contributed by atoms with Gasteiger partial charge in [-0.25, -0.2) is 4.39 Å². The summed E-state index contributed by atoms with van der Waals surface area (Å²) >= 11 is 5.64. The molecule has 1 aromatic carbocycles. The van der Waals surface area contributed by atoms with Crippen LogP contribution in [0.2, 0.25) is 5.02 Å². The van der Waals surface area contributed by atoms with Gasteiger partial charge in [0.05, 0.1) is 5.56 Å². The van der Waals surface area contributed by atoms with Crippen molar-refractivity contribution in [3.63, 3.8) is 0 Å². The third kappa shape index (κ3) is 1.74. The van der Waals surface area contributed by atoms with Gasteiger partial charge in [-0.05, 0) is 31.0 Å². The van der Waals surface area contributed by atoms with Crippen LogP contribution in [0.5, 0.6) is 0 Å². The van der Waals surface area contributed by atoms with Gasteiger partial charge in [-0.1, -0.05) is 18.0 Å². The topological polar surface area (TPSA) is 43.1 Å². The fraction of sp³-hybridized carbons (Fsp3) is 0.417. The smallest absolute Gasteiger partial charge is 0.173 e. The van der Waals surface area contributed by atoms with E-state index in [9.17, 15) is 9.18 Å². The van der Waals surface area contributed by atoms with Crippen molar-refractivity contribution in [1.29, 1.82) is 0 Å². The Kier molecular flexibility index (Phi) is 3.00. The largest absolute Gasteiger partial charge is 0.329 e. The lowest BCUT2D eigenvalue weighted by atomic mass is 9.64. The highest BCUT2D eigenvalue weighted by Crippen LogP contribution is 2.43. The Balaban J connectivity index is 2.33. The minimum atomic E-state index is -0.558. The van der Waals surface area contributed by atoms with Crippen LogP contribution in [-0.4, -0.2) is 12.3 Å². The van der Waals surface area contributed by atoms with Crippen molar-refractivity contribution >= 4 is 17.4 Å². The van der Waals surface area contributed by atoms with Crippen LogP contribution in [0, 0.1) is 11.2 Å². The number of carbonyl (C=O) groups excluding carboxylic acids is 1. The minimum Gasteiger partial charge on any atom is -0.329 e. The average Bonchev–Trinajstić information content (AvgIpc) is 2.16. The molecule has 16 heavy (non-hydrogen) atoms. The number of rotatable bonds is 3. The van der Waals surface area contributed by atoms with Gasteiger partial charge >= 0.3 is 0 Å². The first-order valence-electron chi connectivity index (χ1n) is 5.29. The number of Topliss-reactive ketones (excluding diaryl/α,β-unsaturated/α-hetero) is 1. The molecule has 0 amide bonds. The van der Waals surface area contributed by atoms with Crippen LogP contribution in [0.25, 0.3) is 0 Å². The predicted octanol–water partition coefficient (Wildman–Crippen LogP) is 2.79. The molecule has 1 saturated carbocycles. The Morgan fingerprint density at radius 1 is 1.50 bits per heavy atom. The molecule has 1 aliphatic rings. The SMILES string of the molecule is NCC1(C(=O)c2ccc(Cl)cc2F)CCC1. The Morgan fingerprint density at radius 2 is 2.19 bits per heavy atom. The molecule has 0 saturated heterocycles. The molecule has 4 heteroatoms. The van der Waals surface area contributed by atoms with Crippen molar-refractivity contribution in [3.05, 3.63) is 34.6 Å². The summed E-state index contributed by atoms with van der Waals surface area (Å²) in [7, 11) is 0. The number of benzene rings is 1. The second-order valence-corrected chi connectivity index (χ2v) is 4.73. The van der Waals surface area contributed by atoms with Crippen LogP contribution < -0.4 is 5.73 Å². The minimum absolute atomic E-state index is 0.106. The van der Waals surface area contributed by atoms with Gasteiger partial charge in [0.2, 0.25) is 0 Å². The molecule has 1 aromatic rings. The van der Waals surface area contributed by atoms with Crippen LogP contribution in [0.1, 0.15) is 29.6 Å². The summed E-state index contributed by atoms with van der Waals surface area (Å²) in [5.41, 5.74) is 5.19. The van der Waals surface area contributed by atoms with E-state index < -0.39 is 11.2 Å². The van der Waals surface area contributed by atoms with Crippen molar-refractivity contribution in [3.8, 4) is 0 Å². The first-order chi connectivity index (χ1) is 7.59. The standard InChI is InChI=1S/C12H13ClFNO/c13-8-2-3-9(10(14)6-8)11(16)12(7-15)4-1-5-12/h2-3,6H,1,4-5,7,15H2. The molecule has 0 aliphatic heterocycles. The fourth-order valence-electron chi connectivity index (χ4n) is 2.09. The molecular formula is C12H13ClFNO. The van der Waals surface area contributed by atoms with Crippen LogP contribution in [0.15, 0.2) is 18.2 Å². The number of nitrogens with two attached hydrogens (primary N) is 1. The van der Waals surface area contributed by atoms with E-state index in [1.54, 1.807) is 0 Å². The summed E-state index contributed by atoms with van der Waals surface area (Å²) in [4.78, 5) is 12.1. The molecule has 0 atom stereocenters. The van der Waals surface area contributed by atoms with E-state index in [1.165, 1.54) is 12.1 Å². The lowest BCUT2D eigenvalue weighted by Crippen LogP contribution is -2.44. The van der Waals surface area contributed by atoms with E-state index in [0.717, 1.165) is 25.3 Å². The lowest BCUT2D eigenvalue weighted by Gasteiger charge is -2.39. The quantitative estimate of drug-likeness (QED) is 0.827. The van der Waals surface area contributed by atoms with Crippen molar-refractivity contribution in [2.24, 2.45) is 11.1 Å². The number of hydrogen-bond donors (Lipinski definition) is 1. The highest BCUT2D eigenvalue weighted by molar-refractivity contribution is 6.30. The molecule has 2 rings (SSSR count). The van der Waals surface area contributed by atoms with Gasteiger partial charge in [0.1, 0.15) is 5.82 Å². The molecule has 0 spiro atoms. The van der Waals surface area contributed by atoms with Crippen LogP contribution in [0.4, 0.5) is 4.39 Å². The second-order valence-electron chi connectivity index (χ2n) is 4.29. The molecule has 0 bridgehead atoms. The first-order valence-corrected chi connectivity index (χ1v) is 5.67. The normalized spacial score (nSPS) is 17.9. The summed E-state index contributed by atoms with van der Waals surface area (Å²) in [6, 6.07) is 4.13. The number of hydrogen-bond acceptors (Lipinski definition) is 2. The fourth-order valence-corrected chi connectivity index (χ4v) is 2.25. The third-order valence-electron chi connectivity index (χ3n) is 3.36. The molecular weight excluding hydrogens is 229 g/mol. The molecule has 2 N–H and O–H groups in total. The maximum atomic E-state index is 13.6. The monoisotopic (exact) mass is 241 g/mol. The highest BCUT2D eigenvalue weighted by Gasteiger charge is 2.43. The molecule has 86 valence electrons. The number of halogens is 2. The zero-order valence-electron chi connectivity index (χ0n) is 8.80. The third-order valence-corrected chi connectivity index (χ3v) is 3.59. The Morgan fingerprint density at radius 3 is 2.62 bits per heavy atom. The molecule has 0 aromatic heterocycles. The van der Waals surface area contributed by atoms with Gasteiger partial charge < -0.3 is 5.73 Å².